The quantitative estimate of drug-likeness (QED) is 0.773. The topological polar surface area (TPSA) is 76.1 Å². The summed E-state index contributed by atoms with van der Waals surface area (Å²) in [5.41, 5.74) is 5.19. The van der Waals surface area contributed by atoms with Crippen LogP contribution in [0.3, 0.4) is 0 Å². The Morgan fingerprint density at radius 1 is 1.50 bits per heavy atom. The van der Waals surface area contributed by atoms with Crippen LogP contribution in [0.15, 0.2) is 30.3 Å². The van der Waals surface area contributed by atoms with E-state index in [0.717, 1.165) is 0 Å². The molecule has 1 unspecified atom stereocenters. The van der Waals surface area contributed by atoms with E-state index in [2.05, 4.69) is 0 Å². The minimum atomic E-state index is -1.31. The molecule has 0 aromatic heterocycles. The Labute approximate surface area is 94.6 Å². The van der Waals surface area contributed by atoms with Gasteiger partial charge in [-0.1, -0.05) is 30.3 Å². The number of nitrogens with two attached hydrogens (primary N) is 1. The van der Waals surface area contributed by atoms with Gasteiger partial charge in [-0.05, 0) is 12.5 Å². The number of carbonyl (C=O) groups is 1. The Balaban J connectivity index is 2.88. The van der Waals surface area contributed by atoms with Gasteiger partial charge in [-0.2, -0.15) is 5.26 Å². The molecule has 0 radical (unpaired) electrons. The summed E-state index contributed by atoms with van der Waals surface area (Å²) < 4.78 is 4.79. The molecule has 4 heteroatoms. The molecule has 0 aliphatic carbocycles. The van der Waals surface area contributed by atoms with Gasteiger partial charge in [-0.3, -0.25) is 4.79 Å². The van der Waals surface area contributed by atoms with E-state index < -0.39 is 11.5 Å². The van der Waals surface area contributed by atoms with Crippen molar-refractivity contribution in [1.29, 1.82) is 5.26 Å². The Kier molecular flexibility index (Phi) is 4.03. The van der Waals surface area contributed by atoms with Crippen LogP contribution in [0.5, 0.6) is 0 Å². The van der Waals surface area contributed by atoms with Gasteiger partial charge in [0.05, 0.1) is 19.1 Å². The molecule has 1 aromatic rings. The van der Waals surface area contributed by atoms with Gasteiger partial charge in [0.25, 0.3) is 0 Å². The van der Waals surface area contributed by atoms with Crippen molar-refractivity contribution in [2.75, 3.05) is 6.61 Å². The van der Waals surface area contributed by atoms with Crippen molar-refractivity contribution in [3.8, 4) is 6.07 Å². The number of esters is 1. The smallest absolute Gasteiger partial charge is 0.309 e. The number of nitrogens with zero attached hydrogens (tertiary/aromatic N) is 1. The van der Waals surface area contributed by atoms with Crippen LogP contribution in [0.1, 0.15) is 18.9 Å². The molecule has 0 aliphatic rings. The summed E-state index contributed by atoms with van der Waals surface area (Å²) in [5.74, 6) is -0.463. The zero-order valence-electron chi connectivity index (χ0n) is 9.14. The van der Waals surface area contributed by atoms with E-state index in [1.54, 1.807) is 31.2 Å². The third-order valence-corrected chi connectivity index (χ3v) is 2.22. The first-order chi connectivity index (χ1) is 7.62. The number of nitriles is 1. The molecular formula is C12H14N2O2. The standard InChI is InChI=1S/C12H14N2O2/c1-2-16-11(15)8-12(14,9-13)10-6-4-3-5-7-10/h3-7H,2,8,14H2,1H3. The first-order valence-corrected chi connectivity index (χ1v) is 5.03. The zero-order valence-corrected chi connectivity index (χ0v) is 9.14. The molecule has 0 saturated heterocycles. The van der Waals surface area contributed by atoms with Crippen LogP contribution in [-0.4, -0.2) is 12.6 Å². The second-order valence-corrected chi connectivity index (χ2v) is 3.43. The molecule has 2 N–H and O–H groups in total. The SMILES string of the molecule is CCOC(=O)CC(N)(C#N)c1ccccc1. The fraction of sp³-hybridized carbons (Fsp3) is 0.333. The van der Waals surface area contributed by atoms with Crippen LogP contribution in [-0.2, 0) is 15.1 Å². The second-order valence-electron chi connectivity index (χ2n) is 3.43. The molecule has 0 aliphatic heterocycles. The first-order valence-electron chi connectivity index (χ1n) is 5.03. The minimum Gasteiger partial charge on any atom is -0.466 e. The van der Waals surface area contributed by atoms with Crippen LogP contribution < -0.4 is 5.73 Å². The van der Waals surface area contributed by atoms with Gasteiger partial charge >= 0.3 is 5.97 Å². The average molecular weight is 218 g/mol. The van der Waals surface area contributed by atoms with Crippen molar-refractivity contribution in [2.45, 2.75) is 18.9 Å². The van der Waals surface area contributed by atoms with Crippen LogP contribution in [0.4, 0.5) is 0 Å². The Hall–Kier alpha value is -1.86. The zero-order chi connectivity index (χ0) is 12.0. The number of hydrogen-bond donors (Lipinski definition) is 1. The fourth-order valence-electron chi connectivity index (χ4n) is 1.38. The lowest BCUT2D eigenvalue weighted by Crippen LogP contribution is -2.37. The van der Waals surface area contributed by atoms with Crippen molar-refractivity contribution in [1.82, 2.24) is 0 Å². The molecule has 0 saturated carbocycles. The minimum absolute atomic E-state index is 0.138. The van der Waals surface area contributed by atoms with Crippen LogP contribution >= 0.6 is 0 Å². The molecule has 84 valence electrons. The molecule has 0 spiro atoms. The summed E-state index contributed by atoms with van der Waals surface area (Å²) >= 11 is 0. The third-order valence-electron chi connectivity index (χ3n) is 2.22. The summed E-state index contributed by atoms with van der Waals surface area (Å²) in [7, 11) is 0. The van der Waals surface area contributed by atoms with E-state index in [-0.39, 0.29) is 13.0 Å². The van der Waals surface area contributed by atoms with Crippen LogP contribution in [0, 0.1) is 11.3 Å². The van der Waals surface area contributed by atoms with Gasteiger partial charge in [0.1, 0.15) is 5.54 Å². The van der Waals surface area contributed by atoms with Gasteiger partial charge in [-0.15, -0.1) is 0 Å². The van der Waals surface area contributed by atoms with E-state index in [0.29, 0.717) is 5.56 Å². The van der Waals surface area contributed by atoms with Gasteiger partial charge in [0.15, 0.2) is 0 Å². The average Bonchev–Trinajstić information content (AvgIpc) is 2.30. The molecule has 0 heterocycles. The fourth-order valence-corrected chi connectivity index (χ4v) is 1.38. The largest absolute Gasteiger partial charge is 0.466 e. The van der Waals surface area contributed by atoms with Crippen molar-refractivity contribution in [3.05, 3.63) is 35.9 Å². The summed E-state index contributed by atoms with van der Waals surface area (Å²) in [6, 6.07) is 10.8. The third kappa shape index (κ3) is 2.81. The summed E-state index contributed by atoms with van der Waals surface area (Å²) in [6.45, 7) is 2.00. The number of ether oxygens (including phenoxy) is 1. The van der Waals surface area contributed by atoms with Crippen molar-refractivity contribution in [2.24, 2.45) is 5.73 Å². The predicted molar refractivity (Wildman–Crippen MR) is 59.2 cm³/mol. The van der Waals surface area contributed by atoms with Crippen molar-refractivity contribution < 1.29 is 9.53 Å². The molecule has 0 amide bonds. The highest BCUT2D eigenvalue weighted by Gasteiger charge is 2.30. The maximum absolute atomic E-state index is 11.3. The van der Waals surface area contributed by atoms with E-state index >= 15 is 0 Å². The van der Waals surface area contributed by atoms with Crippen LogP contribution in [0.25, 0.3) is 0 Å². The Morgan fingerprint density at radius 2 is 2.12 bits per heavy atom. The Bertz CT molecular complexity index is 397. The van der Waals surface area contributed by atoms with Gasteiger partial charge in [0, 0.05) is 0 Å². The number of rotatable bonds is 4. The van der Waals surface area contributed by atoms with Gasteiger partial charge < -0.3 is 10.5 Å². The molecule has 1 rings (SSSR count). The van der Waals surface area contributed by atoms with Crippen LogP contribution in [0.2, 0.25) is 0 Å². The molecule has 0 bridgehead atoms. The highest BCUT2D eigenvalue weighted by molar-refractivity contribution is 5.72. The van der Waals surface area contributed by atoms with Crippen molar-refractivity contribution >= 4 is 5.97 Å². The lowest BCUT2D eigenvalue weighted by atomic mass is 9.89. The lowest BCUT2D eigenvalue weighted by Gasteiger charge is -2.20. The van der Waals surface area contributed by atoms with Crippen molar-refractivity contribution in [3.63, 3.8) is 0 Å². The second kappa shape index (κ2) is 5.29. The Morgan fingerprint density at radius 3 is 2.62 bits per heavy atom. The number of carbonyl (C=O) groups excluding carboxylic acids is 1. The van der Waals surface area contributed by atoms with E-state index in [1.807, 2.05) is 12.1 Å². The summed E-state index contributed by atoms with van der Waals surface area (Å²) in [6.07, 6.45) is -0.138. The lowest BCUT2D eigenvalue weighted by molar-refractivity contribution is -0.144. The van der Waals surface area contributed by atoms with Gasteiger partial charge in [0.2, 0.25) is 0 Å². The monoisotopic (exact) mass is 218 g/mol. The van der Waals surface area contributed by atoms with E-state index in [1.165, 1.54) is 0 Å². The van der Waals surface area contributed by atoms with E-state index in [4.69, 9.17) is 15.7 Å². The summed E-state index contributed by atoms with van der Waals surface area (Å²) in [4.78, 5) is 11.3. The predicted octanol–water partition coefficient (Wildman–Crippen LogP) is 1.32. The maximum Gasteiger partial charge on any atom is 0.309 e. The first kappa shape index (κ1) is 12.2. The molecule has 4 nitrogen and oxygen atoms in total. The summed E-state index contributed by atoms with van der Waals surface area (Å²) in [5, 5.41) is 9.07. The highest BCUT2D eigenvalue weighted by atomic mass is 16.5. The highest BCUT2D eigenvalue weighted by Crippen LogP contribution is 2.21. The molecule has 16 heavy (non-hydrogen) atoms. The number of hydrogen-bond acceptors (Lipinski definition) is 4. The molecular weight excluding hydrogens is 204 g/mol. The normalized spacial score (nSPS) is 13.6. The van der Waals surface area contributed by atoms with E-state index in [9.17, 15) is 4.79 Å². The molecule has 0 fully saturated rings. The van der Waals surface area contributed by atoms with Gasteiger partial charge in [-0.25, -0.2) is 0 Å². The maximum atomic E-state index is 11.3. The number of benzene rings is 1. The molecule has 1 aromatic carbocycles. The molecule has 1 atom stereocenters.